The summed E-state index contributed by atoms with van der Waals surface area (Å²) in [6.07, 6.45) is 0.729. The molecule has 0 spiro atoms. The molecule has 1 aromatic carbocycles. The van der Waals surface area contributed by atoms with Gasteiger partial charge in [-0.1, -0.05) is 11.2 Å². The first-order valence-electron chi connectivity index (χ1n) is 8.41. The maximum atomic E-state index is 13.0. The van der Waals surface area contributed by atoms with Gasteiger partial charge in [0.05, 0.1) is 0 Å². The van der Waals surface area contributed by atoms with Crippen LogP contribution >= 0.6 is 11.8 Å². The van der Waals surface area contributed by atoms with Crippen LogP contribution in [0.15, 0.2) is 27.6 Å². The molecule has 0 N–H and O–H groups in total. The van der Waals surface area contributed by atoms with Crippen molar-refractivity contribution in [2.75, 3.05) is 25.6 Å². The fourth-order valence-electron chi connectivity index (χ4n) is 3.34. The van der Waals surface area contributed by atoms with Crippen LogP contribution in [0, 0.1) is 13.8 Å². The van der Waals surface area contributed by atoms with Gasteiger partial charge >= 0.3 is 0 Å². The van der Waals surface area contributed by atoms with Gasteiger partial charge < -0.3 is 14.0 Å². The zero-order valence-electron chi connectivity index (χ0n) is 14.6. The van der Waals surface area contributed by atoms with Crippen LogP contribution in [0.3, 0.4) is 0 Å². The minimum Gasteiger partial charge on any atom is -0.454 e. The molecule has 140 valence electrons. The van der Waals surface area contributed by atoms with Crippen molar-refractivity contribution in [2.45, 2.75) is 30.4 Å². The Morgan fingerprint density at radius 3 is 2.77 bits per heavy atom. The monoisotopic (exact) mass is 396 g/mol. The SMILES string of the molecule is Cc1noc(C)c1S(=O)(=O)N1CCSC(c2ccc3c(c2)OCO3)CC1. The van der Waals surface area contributed by atoms with Crippen molar-refractivity contribution < 1.29 is 22.4 Å². The average molecular weight is 396 g/mol. The zero-order valence-corrected chi connectivity index (χ0v) is 16.2. The highest BCUT2D eigenvalue weighted by Gasteiger charge is 2.33. The number of rotatable bonds is 3. The lowest BCUT2D eigenvalue weighted by Crippen LogP contribution is -2.33. The molecule has 0 radical (unpaired) electrons. The number of fused-ring (bicyclic) bond motifs is 1. The summed E-state index contributed by atoms with van der Waals surface area (Å²) in [5, 5.41) is 4.00. The van der Waals surface area contributed by atoms with Crippen molar-refractivity contribution in [1.82, 2.24) is 9.46 Å². The largest absolute Gasteiger partial charge is 0.454 e. The molecule has 1 unspecified atom stereocenters. The molecule has 3 heterocycles. The smallest absolute Gasteiger partial charge is 0.248 e. The van der Waals surface area contributed by atoms with Crippen molar-refractivity contribution in [2.24, 2.45) is 0 Å². The van der Waals surface area contributed by atoms with Crippen LogP contribution in [0.1, 0.15) is 28.7 Å². The highest BCUT2D eigenvalue weighted by atomic mass is 32.2. The number of hydrogen-bond donors (Lipinski definition) is 0. The number of aromatic nitrogens is 1. The summed E-state index contributed by atoms with van der Waals surface area (Å²) in [5.41, 5.74) is 1.54. The van der Waals surface area contributed by atoms with Crippen molar-refractivity contribution in [1.29, 1.82) is 0 Å². The normalized spacial score (nSPS) is 20.9. The third-order valence-electron chi connectivity index (χ3n) is 4.63. The number of nitrogens with zero attached hydrogens (tertiary/aromatic N) is 2. The molecule has 9 heteroatoms. The minimum atomic E-state index is -3.60. The Hall–Kier alpha value is -1.71. The van der Waals surface area contributed by atoms with Crippen molar-refractivity contribution >= 4 is 21.8 Å². The highest BCUT2D eigenvalue weighted by Crippen LogP contribution is 2.41. The fraction of sp³-hybridized carbons (Fsp3) is 0.471. The molecule has 2 aromatic rings. The number of thioether (sulfide) groups is 1. The van der Waals surface area contributed by atoms with Crippen LogP contribution in [0.4, 0.5) is 0 Å². The summed E-state index contributed by atoms with van der Waals surface area (Å²) in [6, 6.07) is 5.95. The lowest BCUT2D eigenvalue weighted by atomic mass is 10.1. The lowest BCUT2D eigenvalue weighted by Gasteiger charge is -2.19. The quantitative estimate of drug-likeness (QED) is 0.789. The van der Waals surface area contributed by atoms with Gasteiger partial charge in [-0.25, -0.2) is 8.42 Å². The van der Waals surface area contributed by atoms with Crippen molar-refractivity contribution in [3.05, 3.63) is 35.2 Å². The Morgan fingerprint density at radius 2 is 2.00 bits per heavy atom. The van der Waals surface area contributed by atoms with E-state index in [9.17, 15) is 8.42 Å². The van der Waals surface area contributed by atoms with Gasteiger partial charge in [0.15, 0.2) is 17.3 Å². The van der Waals surface area contributed by atoms with Crippen molar-refractivity contribution in [3.63, 3.8) is 0 Å². The van der Waals surface area contributed by atoms with Crippen LogP contribution < -0.4 is 9.47 Å². The van der Waals surface area contributed by atoms with Gasteiger partial charge in [0.2, 0.25) is 16.8 Å². The van der Waals surface area contributed by atoms with Gasteiger partial charge in [-0.2, -0.15) is 16.1 Å². The van der Waals surface area contributed by atoms with Crippen LogP contribution in [0.5, 0.6) is 11.5 Å². The third kappa shape index (κ3) is 3.08. The molecular formula is C17H20N2O5S2. The minimum absolute atomic E-state index is 0.198. The molecule has 26 heavy (non-hydrogen) atoms. The second-order valence-electron chi connectivity index (χ2n) is 6.32. The van der Waals surface area contributed by atoms with Crippen LogP contribution in [0.2, 0.25) is 0 Å². The summed E-state index contributed by atoms with van der Waals surface area (Å²) >= 11 is 1.77. The fourth-order valence-corrected chi connectivity index (χ4v) is 6.43. The maximum Gasteiger partial charge on any atom is 0.248 e. The van der Waals surface area contributed by atoms with E-state index in [2.05, 4.69) is 5.16 Å². The van der Waals surface area contributed by atoms with E-state index in [1.54, 1.807) is 29.9 Å². The first-order chi connectivity index (χ1) is 12.5. The van der Waals surface area contributed by atoms with Gasteiger partial charge in [0.1, 0.15) is 10.6 Å². The molecule has 1 saturated heterocycles. The summed E-state index contributed by atoms with van der Waals surface area (Å²) < 4.78 is 43.4. The molecule has 0 bridgehead atoms. The molecular weight excluding hydrogens is 376 g/mol. The van der Waals surface area contributed by atoms with E-state index in [-0.39, 0.29) is 16.9 Å². The predicted molar refractivity (Wildman–Crippen MR) is 97.1 cm³/mol. The molecule has 2 aliphatic rings. The standard InChI is InChI=1S/C17H20N2O5S2/c1-11-17(12(2)24-18-11)26(20,21)19-6-5-16(25-8-7-19)13-3-4-14-15(9-13)23-10-22-14/h3-4,9,16H,5-8,10H2,1-2H3. The Labute approximate surface area is 156 Å². The summed E-state index contributed by atoms with van der Waals surface area (Å²) in [6.45, 7) is 4.47. The number of benzene rings is 1. The number of sulfonamides is 1. The van der Waals surface area contributed by atoms with Crippen LogP contribution in [0.25, 0.3) is 0 Å². The molecule has 0 aliphatic carbocycles. The Kier molecular flexibility index (Phi) is 4.62. The van der Waals surface area contributed by atoms with Gasteiger partial charge in [0, 0.05) is 24.1 Å². The highest BCUT2D eigenvalue weighted by molar-refractivity contribution is 7.99. The van der Waals surface area contributed by atoms with Gasteiger partial charge in [-0.3, -0.25) is 0 Å². The number of ether oxygens (including phenoxy) is 2. The predicted octanol–water partition coefficient (Wildman–Crippen LogP) is 2.89. The summed E-state index contributed by atoms with van der Waals surface area (Å²) in [5.74, 6) is 2.58. The van der Waals surface area contributed by atoms with E-state index in [0.717, 1.165) is 29.2 Å². The molecule has 1 aromatic heterocycles. The second-order valence-corrected chi connectivity index (χ2v) is 9.50. The molecule has 0 saturated carbocycles. The average Bonchev–Trinajstić information content (AvgIpc) is 3.11. The first-order valence-corrected chi connectivity index (χ1v) is 10.9. The van der Waals surface area contributed by atoms with E-state index >= 15 is 0 Å². The van der Waals surface area contributed by atoms with E-state index in [1.807, 2.05) is 18.2 Å². The Morgan fingerprint density at radius 1 is 1.19 bits per heavy atom. The van der Waals surface area contributed by atoms with Crippen LogP contribution in [-0.2, 0) is 10.0 Å². The van der Waals surface area contributed by atoms with E-state index in [1.165, 1.54) is 0 Å². The molecule has 4 rings (SSSR count). The van der Waals surface area contributed by atoms with E-state index in [4.69, 9.17) is 14.0 Å². The van der Waals surface area contributed by atoms with E-state index < -0.39 is 10.0 Å². The number of hydrogen-bond acceptors (Lipinski definition) is 7. The maximum absolute atomic E-state index is 13.0. The number of aryl methyl sites for hydroxylation is 2. The summed E-state index contributed by atoms with van der Waals surface area (Å²) in [4.78, 5) is 0.198. The molecule has 1 atom stereocenters. The Balaban J connectivity index is 1.53. The topological polar surface area (TPSA) is 81.9 Å². The molecule has 0 amide bonds. The molecule has 1 fully saturated rings. The lowest BCUT2D eigenvalue weighted by molar-refractivity contribution is 0.174. The zero-order chi connectivity index (χ0) is 18.3. The second kappa shape index (κ2) is 6.79. The summed E-state index contributed by atoms with van der Waals surface area (Å²) in [7, 11) is -3.60. The first kappa shape index (κ1) is 17.7. The van der Waals surface area contributed by atoms with Crippen molar-refractivity contribution in [3.8, 4) is 11.5 Å². The van der Waals surface area contributed by atoms with E-state index in [0.29, 0.717) is 24.5 Å². The molecule has 2 aliphatic heterocycles. The van der Waals surface area contributed by atoms with Gasteiger partial charge in [0.25, 0.3) is 0 Å². The Bertz CT molecular complexity index is 906. The van der Waals surface area contributed by atoms with Crippen LogP contribution in [-0.4, -0.2) is 43.5 Å². The van der Waals surface area contributed by atoms with Gasteiger partial charge in [-0.05, 0) is 38.0 Å². The molecule has 7 nitrogen and oxygen atoms in total. The van der Waals surface area contributed by atoms with Gasteiger partial charge in [-0.15, -0.1) is 0 Å². The third-order valence-corrected chi connectivity index (χ3v) is 8.11.